The third-order valence-corrected chi connectivity index (χ3v) is 3.03. The van der Waals surface area contributed by atoms with Crippen molar-refractivity contribution in [1.82, 2.24) is 0 Å². The average Bonchev–Trinajstić information content (AvgIpc) is 2.92. The predicted octanol–water partition coefficient (Wildman–Crippen LogP) is 1.58. The molecule has 0 radical (unpaired) electrons. The summed E-state index contributed by atoms with van der Waals surface area (Å²) >= 11 is 0. The number of hydrogen-bond donors (Lipinski definition) is 1. The van der Waals surface area contributed by atoms with Gasteiger partial charge in [0.25, 0.3) is 5.91 Å². The Balaban J connectivity index is 1.70. The SMILES string of the molecule is O=C(Nc1ccc2c(c1)OCCO2)C1CCCO1. The molecular weight excluding hydrogens is 234 g/mol. The van der Waals surface area contributed by atoms with Crippen molar-refractivity contribution in [3.63, 3.8) is 0 Å². The molecule has 0 spiro atoms. The maximum absolute atomic E-state index is 11.9. The standard InChI is InChI=1S/C13H15NO4/c15-13(11-2-1-5-16-11)14-9-3-4-10-12(8-9)18-7-6-17-10/h3-4,8,11H,1-2,5-7H2,(H,14,15). The molecule has 1 amide bonds. The number of fused-ring (bicyclic) bond motifs is 1. The van der Waals surface area contributed by atoms with Crippen LogP contribution in [-0.2, 0) is 9.53 Å². The van der Waals surface area contributed by atoms with Crippen LogP contribution in [-0.4, -0.2) is 31.8 Å². The van der Waals surface area contributed by atoms with Gasteiger partial charge in [-0.1, -0.05) is 0 Å². The fourth-order valence-corrected chi connectivity index (χ4v) is 2.13. The van der Waals surface area contributed by atoms with Gasteiger partial charge < -0.3 is 19.5 Å². The highest BCUT2D eigenvalue weighted by molar-refractivity contribution is 5.94. The van der Waals surface area contributed by atoms with Crippen molar-refractivity contribution in [2.75, 3.05) is 25.1 Å². The third kappa shape index (κ3) is 2.26. The normalized spacial score (nSPS) is 21.7. The predicted molar refractivity (Wildman–Crippen MR) is 65.0 cm³/mol. The minimum atomic E-state index is -0.321. The summed E-state index contributed by atoms with van der Waals surface area (Å²) in [6, 6.07) is 5.39. The zero-order valence-corrected chi connectivity index (χ0v) is 9.98. The highest BCUT2D eigenvalue weighted by Crippen LogP contribution is 2.32. The van der Waals surface area contributed by atoms with Crippen LogP contribution in [0.1, 0.15) is 12.8 Å². The van der Waals surface area contributed by atoms with Crippen LogP contribution in [0.15, 0.2) is 18.2 Å². The summed E-state index contributed by atoms with van der Waals surface area (Å²) in [5, 5.41) is 2.83. The number of amides is 1. The van der Waals surface area contributed by atoms with Crippen LogP contribution >= 0.6 is 0 Å². The van der Waals surface area contributed by atoms with Gasteiger partial charge in [-0.05, 0) is 25.0 Å². The number of carbonyl (C=O) groups is 1. The molecule has 1 N–H and O–H groups in total. The summed E-state index contributed by atoms with van der Waals surface area (Å²) in [5.41, 5.74) is 0.708. The highest BCUT2D eigenvalue weighted by Gasteiger charge is 2.24. The van der Waals surface area contributed by atoms with E-state index < -0.39 is 0 Å². The van der Waals surface area contributed by atoms with Gasteiger partial charge in [-0.25, -0.2) is 0 Å². The smallest absolute Gasteiger partial charge is 0.253 e. The Bertz CT molecular complexity index is 454. The number of anilines is 1. The van der Waals surface area contributed by atoms with Gasteiger partial charge in [0, 0.05) is 18.4 Å². The summed E-state index contributed by atoms with van der Waals surface area (Å²) < 4.78 is 16.2. The number of hydrogen-bond acceptors (Lipinski definition) is 4. The second kappa shape index (κ2) is 4.86. The highest BCUT2D eigenvalue weighted by atomic mass is 16.6. The van der Waals surface area contributed by atoms with Crippen molar-refractivity contribution in [2.45, 2.75) is 18.9 Å². The fourth-order valence-electron chi connectivity index (χ4n) is 2.13. The zero-order chi connectivity index (χ0) is 12.4. The molecule has 1 unspecified atom stereocenters. The van der Waals surface area contributed by atoms with E-state index in [2.05, 4.69) is 5.32 Å². The zero-order valence-electron chi connectivity index (χ0n) is 9.98. The number of carbonyl (C=O) groups excluding carboxylic acids is 1. The van der Waals surface area contributed by atoms with Crippen LogP contribution in [0.3, 0.4) is 0 Å². The third-order valence-electron chi connectivity index (χ3n) is 3.03. The molecule has 2 aliphatic rings. The first-order chi connectivity index (χ1) is 8.83. The van der Waals surface area contributed by atoms with E-state index >= 15 is 0 Å². The first-order valence-electron chi connectivity index (χ1n) is 6.15. The molecule has 2 heterocycles. The van der Waals surface area contributed by atoms with Gasteiger partial charge in [0.15, 0.2) is 11.5 Å². The molecular formula is C13H15NO4. The van der Waals surface area contributed by atoms with Gasteiger partial charge in [0.1, 0.15) is 19.3 Å². The molecule has 5 nitrogen and oxygen atoms in total. The topological polar surface area (TPSA) is 56.8 Å². The molecule has 0 aromatic heterocycles. The molecule has 1 saturated heterocycles. The van der Waals surface area contributed by atoms with Gasteiger partial charge in [-0.15, -0.1) is 0 Å². The van der Waals surface area contributed by atoms with E-state index in [0.29, 0.717) is 31.3 Å². The summed E-state index contributed by atoms with van der Waals surface area (Å²) in [5.74, 6) is 1.30. The maximum atomic E-state index is 11.9. The molecule has 18 heavy (non-hydrogen) atoms. The number of benzene rings is 1. The Hall–Kier alpha value is -1.75. The average molecular weight is 249 g/mol. The van der Waals surface area contributed by atoms with E-state index in [1.807, 2.05) is 0 Å². The molecule has 1 atom stereocenters. The summed E-state index contributed by atoms with van der Waals surface area (Å²) in [7, 11) is 0. The van der Waals surface area contributed by atoms with E-state index in [0.717, 1.165) is 18.6 Å². The Morgan fingerprint density at radius 1 is 1.17 bits per heavy atom. The molecule has 96 valence electrons. The van der Waals surface area contributed by atoms with Crippen molar-refractivity contribution in [2.24, 2.45) is 0 Å². The van der Waals surface area contributed by atoms with Gasteiger partial charge in [0.05, 0.1) is 0 Å². The lowest BCUT2D eigenvalue weighted by Gasteiger charge is -2.19. The van der Waals surface area contributed by atoms with Gasteiger partial charge in [-0.3, -0.25) is 4.79 Å². The van der Waals surface area contributed by atoms with Gasteiger partial charge in [-0.2, -0.15) is 0 Å². The molecule has 0 aliphatic carbocycles. The van der Waals surface area contributed by atoms with Gasteiger partial charge >= 0.3 is 0 Å². The molecule has 0 saturated carbocycles. The van der Waals surface area contributed by atoms with Crippen LogP contribution in [0.2, 0.25) is 0 Å². The van der Waals surface area contributed by atoms with E-state index in [4.69, 9.17) is 14.2 Å². The Morgan fingerprint density at radius 3 is 2.78 bits per heavy atom. The van der Waals surface area contributed by atoms with Crippen LogP contribution in [0.4, 0.5) is 5.69 Å². The van der Waals surface area contributed by atoms with E-state index in [1.54, 1.807) is 18.2 Å². The Kier molecular flexibility index (Phi) is 3.06. The van der Waals surface area contributed by atoms with Crippen molar-refractivity contribution in [3.8, 4) is 11.5 Å². The lowest BCUT2D eigenvalue weighted by molar-refractivity contribution is -0.124. The maximum Gasteiger partial charge on any atom is 0.253 e. The lowest BCUT2D eigenvalue weighted by Crippen LogP contribution is -2.27. The molecule has 2 aliphatic heterocycles. The first-order valence-corrected chi connectivity index (χ1v) is 6.15. The first kappa shape index (κ1) is 11.3. The largest absolute Gasteiger partial charge is 0.486 e. The monoisotopic (exact) mass is 249 g/mol. The number of rotatable bonds is 2. The summed E-state index contributed by atoms with van der Waals surface area (Å²) in [6.07, 6.45) is 1.41. The summed E-state index contributed by atoms with van der Waals surface area (Å²) in [6.45, 7) is 1.77. The molecule has 1 fully saturated rings. The number of ether oxygens (including phenoxy) is 3. The van der Waals surface area contributed by atoms with Crippen molar-refractivity contribution < 1.29 is 19.0 Å². The van der Waals surface area contributed by atoms with Crippen LogP contribution < -0.4 is 14.8 Å². The van der Waals surface area contributed by atoms with Crippen molar-refractivity contribution in [1.29, 1.82) is 0 Å². The Morgan fingerprint density at radius 2 is 2.00 bits per heavy atom. The molecule has 5 heteroatoms. The van der Waals surface area contributed by atoms with E-state index in [9.17, 15) is 4.79 Å². The fraction of sp³-hybridized carbons (Fsp3) is 0.462. The van der Waals surface area contributed by atoms with Crippen LogP contribution in [0.5, 0.6) is 11.5 Å². The molecule has 1 aromatic carbocycles. The molecule has 0 bridgehead atoms. The van der Waals surface area contributed by atoms with Crippen LogP contribution in [0, 0.1) is 0 Å². The van der Waals surface area contributed by atoms with Gasteiger partial charge in [0.2, 0.25) is 0 Å². The van der Waals surface area contributed by atoms with Crippen molar-refractivity contribution >= 4 is 11.6 Å². The molecule has 3 rings (SSSR count). The number of nitrogens with one attached hydrogen (secondary N) is 1. The lowest BCUT2D eigenvalue weighted by atomic mass is 10.2. The summed E-state index contributed by atoms with van der Waals surface area (Å²) in [4.78, 5) is 11.9. The second-order valence-electron chi connectivity index (χ2n) is 4.35. The Labute approximate surface area is 105 Å². The molecule has 1 aromatic rings. The minimum absolute atomic E-state index is 0.0934. The quantitative estimate of drug-likeness (QED) is 0.864. The van der Waals surface area contributed by atoms with E-state index in [-0.39, 0.29) is 12.0 Å². The minimum Gasteiger partial charge on any atom is -0.486 e. The van der Waals surface area contributed by atoms with E-state index in [1.165, 1.54) is 0 Å². The second-order valence-corrected chi connectivity index (χ2v) is 4.35. The van der Waals surface area contributed by atoms with Crippen LogP contribution in [0.25, 0.3) is 0 Å². The van der Waals surface area contributed by atoms with Crippen molar-refractivity contribution in [3.05, 3.63) is 18.2 Å².